The van der Waals surface area contributed by atoms with Crippen LogP contribution in [-0.4, -0.2) is 38.6 Å². The van der Waals surface area contributed by atoms with Gasteiger partial charge in [-0.15, -0.1) is 23.1 Å². The van der Waals surface area contributed by atoms with Crippen molar-refractivity contribution in [3.8, 4) is 43.9 Å². The van der Waals surface area contributed by atoms with Crippen molar-refractivity contribution in [2.75, 3.05) is 34.7 Å². The molecule has 2 aromatic carbocycles. The molecule has 30 heavy (non-hydrogen) atoms. The smallest absolute Gasteiger partial charge is 0.131 e. The second-order valence-electron chi connectivity index (χ2n) is 6.31. The van der Waals surface area contributed by atoms with Gasteiger partial charge in [0.05, 0.1) is 38.2 Å². The number of hydrogen-bond acceptors (Lipinski definition) is 8. The number of hydrogen-bond donors (Lipinski definition) is 0. The van der Waals surface area contributed by atoms with Crippen LogP contribution in [0.15, 0.2) is 46.2 Å². The second kappa shape index (κ2) is 9.26. The Bertz CT molecular complexity index is 984. The van der Waals surface area contributed by atoms with E-state index in [9.17, 15) is 0 Å². The molecule has 0 bridgehead atoms. The molecule has 158 valence electrons. The van der Waals surface area contributed by atoms with E-state index in [4.69, 9.17) is 18.9 Å². The van der Waals surface area contributed by atoms with Crippen molar-refractivity contribution in [3.05, 3.63) is 36.4 Å². The highest BCUT2D eigenvalue weighted by atomic mass is 32.3. The minimum Gasteiger partial charge on any atom is -0.497 e. The van der Waals surface area contributed by atoms with E-state index >= 15 is 0 Å². The van der Waals surface area contributed by atoms with Crippen molar-refractivity contribution >= 4 is 46.6 Å². The molecule has 0 aliphatic carbocycles. The zero-order chi connectivity index (χ0) is 21.3. The Hall–Kier alpha value is -1.61. The summed E-state index contributed by atoms with van der Waals surface area (Å²) in [5, 5.41) is 0. The highest BCUT2D eigenvalue weighted by Gasteiger charge is 2.33. The minimum atomic E-state index is 0.425. The minimum absolute atomic E-state index is 0.425. The molecule has 0 fully saturated rings. The summed E-state index contributed by atoms with van der Waals surface area (Å²) in [6.07, 6.45) is 2.15. The van der Waals surface area contributed by atoms with Gasteiger partial charge in [-0.3, -0.25) is 0 Å². The SMILES string of the molecule is COc1ccc(-c2sc(-c3ccc(OC)cc3OC)c3c2SC(SC)S3)c(OC)c1. The zero-order valence-corrected chi connectivity index (χ0v) is 20.6. The molecular formula is C22H22O4S4. The summed E-state index contributed by atoms with van der Waals surface area (Å²) in [6, 6.07) is 12.0. The Morgan fingerprint density at radius 1 is 0.700 bits per heavy atom. The summed E-state index contributed by atoms with van der Waals surface area (Å²) in [5.74, 6) is 3.18. The number of rotatable bonds is 7. The number of ether oxygens (including phenoxy) is 4. The summed E-state index contributed by atoms with van der Waals surface area (Å²) in [5.41, 5.74) is 2.15. The maximum atomic E-state index is 5.71. The maximum Gasteiger partial charge on any atom is 0.131 e. The van der Waals surface area contributed by atoms with E-state index in [1.807, 2.05) is 59.6 Å². The third-order valence-corrected chi connectivity index (χ3v) is 10.8. The molecule has 1 aromatic heterocycles. The van der Waals surface area contributed by atoms with Crippen LogP contribution in [-0.2, 0) is 0 Å². The molecule has 1 aliphatic heterocycles. The van der Waals surface area contributed by atoms with Crippen molar-refractivity contribution in [2.45, 2.75) is 13.7 Å². The lowest BCUT2D eigenvalue weighted by Gasteiger charge is -2.12. The van der Waals surface area contributed by atoms with E-state index in [1.165, 1.54) is 19.5 Å². The lowest BCUT2D eigenvalue weighted by molar-refractivity contribution is 0.395. The van der Waals surface area contributed by atoms with Crippen molar-refractivity contribution in [1.82, 2.24) is 0 Å². The van der Waals surface area contributed by atoms with Crippen LogP contribution < -0.4 is 18.9 Å². The summed E-state index contributed by atoms with van der Waals surface area (Å²) in [7, 11) is 6.74. The molecule has 3 aromatic rings. The average Bonchev–Trinajstić information content (AvgIpc) is 3.37. The topological polar surface area (TPSA) is 36.9 Å². The fourth-order valence-electron chi connectivity index (χ4n) is 3.25. The molecule has 1 aliphatic rings. The molecule has 0 atom stereocenters. The Morgan fingerprint density at radius 2 is 1.17 bits per heavy atom. The quantitative estimate of drug-likeness (QED) is 0.363. The number of thioether (sulfide) groups is 3. The Balaban J connectivity index is 1.90. The molecule has 0 saturated carbocycles. The van der Waals surface area contributed by atoms with Gasteiger partial charge in [-0.1, -0.05) is 23.5 Å². The van der Waals surface area contributed by atoms with E-state index in [2.05, 4.69) is 18.4 Å². The Labute approximate surface area is 193 Å². The average molecular weight is 479 g/mol. The third kappa shape index (κ3) is 3.86. The van der Waals surface area contributed by atoms with Gasteiger partial charge >= 0.3 is 0 Å². The van der Waals surface area contributed by atoms with E-state index in [0.29, 0.717) is 3.91 Å². The van der Waals surface area contributed by atoms with Gasteiger partial charge in [-0.05, 0) is 30.5 Å². The second-order valence-corrected chi connectivity index (χ2v) is 11.4. The van der Waals surface area contributed by atoms with Gasteiger partial charge in [-0.2, -0.15) is 0 Å². The normalized spacial score (nSPS) is 13.2. The molecule has 0 spiro atoms. The molecular weight excluding hydrogens is 457 g/mol. The summed E-state index contributed by atoms with van der Waals surface area (Å²) < 4.78 is 22.6. The van der Waals surface area contributed by atoms with Crippen LogP contribution in [0.4, 0.5) is 0 Å². The van der Waals surface area contributed by atoms with Gasteiger partial charge in [0, 0.05) is 33.1 Å². The lowest BCUT2D eigenvalue weighted by Crippen LogP contribution is -1.90. The monoisotopic (exact) mass is 478 g/mol. The van der Waals surface area contributed by atoms with Gasteiger partial charge in [0.15, 0.2) is 0 Å². The summed E-state index contributed by atoms with van der Waals surface area (Å²) in [4.78, 5) is 5.04. The lowest BCUT2D eigenvalue weighted by atomic mass is 10.1. The molecule has 4 nitrogen and oxygen atoms in total. The van der Waals surface area contributed by atoms with Crippen LogP contribution in [0, 0.1) is 0 Å². The highest BCUT2D eigenvalue weighted by molar-refractivity contribution is 8.33. The van der Waals surface area contributed by atoms with Gasteiger partial charge in [0.25, 0.3) is 0 Å². The molecule has 0 unspecified atom stereocenters. The molecule has 8 heteroatoms. The van der Waals surface area contributed by atoms with Crippen LogP contribution in [0.1, 0.15) is 0 Å². The number of benzene rings is 2. The summed E-state index contributed by atoms with van der Waals surface area (Å²) in [6.45, 7) is 0. The van der Waals surface area contributed by atoms with Crippen molar-refractivity contribution in [3.63, 3.8) is 0 Å². The molecule has 2 heterocycles. The molecule has 4 rings (SSSR count). The standard InChI is InChI=1S/C22H22O4S4/c1-23-12-6-8-14(16(10-12)25-3)18-20-21(30-22(27-5)29-20)19(28-18)15-9-7-13(24-2)11-17(15)26-4/h6-11,22H,1-5H3. The predicted octanol–water partition coefficient (Wildman–Crippen LogP) is 6.96. The van der Waals surface area contributed by atoms with Gasteiger partial charge in [0.1, 0.15) is 26.9 Å². The fraction of sp³-hybridized carbons (Fsp3) is 0.273. The van der Waals surface area contributed by atoms with Crippen LogP contribution >= 0.6 is 46.6 Å². The fourth-order valence-corrected chi connectivity index (χ4v) is 8.72. The molecule has 0 amide bonds. The first-order valence-electron chi connectivity index (χ1n) is 9.11. The number of methoxy groups -OCH3 is 4. The van der Waals surface area contributed by atoms with E-state index < -0.39 is 0 Å². The van der Waals surface area contributed by atoms with Crippen molar-refractivity contribution in [2.24, 2.45) is 0 Å². The first-order chi connectivity index (χ1) is 14.6. The first-order valence-corrected chi connectivity index (χ1v) is 13.0. The van der Waals surface area contributed by atoms with Crippen LogP contribution in [0.2, 0.25) is 0 Å². The largest absolute Gasteiger partial charge is 0.497 e. The van der Waals surface area contributed by atoms with E-state index in [-0.39, 0.29) is 0 Å². The van der Waals surface area contributed by atoms with Crippen LogP contribution in [0.3, 0.4) is 0 Å². The zero-order valence-electron chi connectivity index (χ0n) is 17.3. The number of fused-ring (bicyclic) bond motifs is 1. The van der Waals surface area contributed by atoms with Gasteiger partial charge in [0.2, 0.25) is 0 Å². The van der Waals surface area contributed by atoms with Crippen LogP contribution in [0.5, 0.6) is 23.0 Å². The van der Waals surface area contributed by atoms with Gasteiger partial charge < -0.3 is 18.9 Å². The van der Waals surface area contributed by atoms with Crippen molar-refractivity contribution in [1.29, 1.82) is 0 Å². The number of thiophene rings is 1. The maximum absolute atomic E-state index is 5.71. The Kier molecular flexibility index (Phi) is 6.67. The Morgan fingerprint density at radius 3 is 1.53 bits per heavy atom. The van der Waals surface area contributed by atoms with E-state index in [0.717, 1.165) is 34.1 Å². The molecule has 0 N–H and O–H groups in total. The molecule has 0 saturated heterocycles. The summed E-state index contributed by atoms with van der Waals surface area (Å²) >= 11 is 7.45. The third-order valence-electron chi connectivity index (χ3n) is 4.75. The van der Waals surface area contributed by atoms with Gasteiger partial charge in [-0.25, -0.2) is 0 Å². The van der Waals surface area contributed by atoms with Crippen molar-refractivity contribution < 1.29 is 18.9 Å². The predicted molar refractivity (Wildman–Crippen MR) is 130 cm³/mol. The van der Waals surface area contributed by atoms with E-state index in [1.54, 1.807) is 39.8 Å². The highest BCUT2D eigenvalue weighted by Crippen LogP contribution is 2.63. The van der Waals surface area contributed by atoms with Crippen LogP contribution in [0.25, 0.3) is 20.9 Å². The molecule has 0 radical (unpaired) electrons. The first kappa shape index (κ1) is 21.6.